The Morgan fingerprint density at radius 3 is 3.06 bits per heavy atom. The van der Waals surface area contributed by atoms with Crippen molar-refractivity contribution in [2.24, 2.45) is 0 Å². The minimum absolute atomic E-state index is 0.0239. The second kappa shape index (κ2) is 6.32. The van der Waals surface area contributed by atoms with Crippen molar-refractivity contribution in [3.8, 4) is 0 Å². The summed E-state index contributed by atoms with van der Waals surface area (Å²) in [6.07, 6.45) is 2.82. The number of nitrogens with one attached hydrogen (secondary N) is 1. The van der Waals surface area contributed by atoms with Gasteiger partial charge in [0.25, 0.3) is 0 Å². The van der Waals surface area contributed by atoms with Crippen LogP contribution in [0, 0.1) is 10.1 Å². The Hall–Kier alpha value is -1.30. The van der Waals surface area contributed by atoms with Gasteiger partial charge in [-0.15, -0.1) is 0 Å². The maximum atomic E-state index is 10.7. The summed E-state index contributed by atoms with van der Waals surface area (Å²) in [5.74, 6) is 1.97. The zero-order valence-electron chi connectivity index (χ0n) is 9.34. The molecule has 1 rings (SSSR count). The molecule has 1 aromatic heterocycles. The first kappa shape index (κ1) is 12.8. The van der Waals surface area contributed by atoms with Gasteiger partial charge in [-0.2, -0.15) is 11.8 Å². The summed E-state index contributed by atoms with van der Waals surface area (Å²) in [6.45, 7) is 4.10. The van der Waals surface area contributed by atoms with Gasteiger partial charge >= 0.3 is 5.69 Å². The van der Waals surface area contributed by atoms with E-state index in [2.05, 4.69) is 17.2 Å². The van der Waals surface area contributed by atoms with Crippen LogP contribution in [0.1, 0.15) is 13.8 Å². The Balaban J connectivity index is 2.69. The zero-order chi connectivity index (χ0) is 12.0. The van der Waals surface area contributed by atoms with Crippen molar-refractivity contribution in [1.29, 1.82) is 0 Å². The summed E-state index contributed by atoms with van der Waals surface area (Å²) in [5.41, 5.74) is 0.556. The lowest BCUT2D eigenvalue weighted by atomic mass is 10.3. The molecule has 1 heterocycles. The van der Waals surface area contributed by atoms with Crippen molar-refractivity contribution in [3.05, 3.63) is 28.6 Å². The standard InChI is InChI=1S/C10H15N3O2S/c1-3-16-7-8(2)12-9-4-5-11-6-10(9)13(14)15/h4-6,8H,3,7H2,1-2H3,(H,11,12). The van der Waals surface area contributed by atoms with E-state index in [0.29, 0.717) is 5.69 Å². The van der Waals surface area contributed by atoms with Crippen LogP contribution in [0.5, 0.6) is 0 Å². The van der Waals surface area contributed by atoms with E-state index in [9.17, 15) is 10.1 Å². The van der Waals surface area contributed by atoms with Crippen LogP contribution in [-0.4, -0.2) is 27.5 Å². The minimum atomic E-state index is -0.422. The fourth-order valence-corrected chi connectivity index (χ4v) is 1.93. The number of nitrogens with zero attached hydrogens (tertiary/aromatic N) is 2. The summed E-state index contributed by atoms with van der Waals surface area (Å²) in [6, 6.07) is 1.83. The van der Waals surface area contributed by atoms with Crippen molar-refractivity contribution in [2.45, 2.75) is 19.9 Å². The molecule has 0 saturated heterocycles. The first-order chi connectivity index (χ1) is 7.65. The average Bonchev–Trinajstić information content (AvgIpc) is 2.27. The van der Waals surface area contributed by atoms with Crippen LogP contribution < -0.4 is 5.32 Å². The van der Waals surface area contributed by atoms with Crippen LogP contribution in [0.25, 0.3) is 0 Å². The largest absolute Gasteiger partial charge is 0.376 e. The molecule has 88 valence electrons. The third-order valence-corrected chi connectivity index (χ3v) is 3.11. The van der Waals surface area contributed by atoms with Crippen LogP contribution in [0.15, 0.2) is 18.5 Å². The number of pyridine rings is 1. The molecule has 0 spiro atoms. The molecule has 0 aliphatic rings. The second-order valence-electron chi connectivity index (χ2n) is 3.35. The lowest BCUT2D eigenvalue weighted by molar-refractivity contribution is -0.384. The number of thioether (sulfide) groups is 1. The van der Waals surface area contributed by atoms with Crippen molar-refractivity contribution in [1.82, 2.24) is 4.98 Å². The topological polar surface area (TPSA) is 68.1 Å². The summed E-state index contributed by atoms with van der Waals surface area (Å²) in [7, 11) is 0. The molecule has 1 aromatic rings. The van der Waals surface area contributed by atoms with E-state index in [4.69, 9.17) is 0 Å². The SMILES string of the molecule is CCSCC(C)Nc1ccncc1[N+](=O)[O-]. The van der Waals surface area contributed by atoms with Crippen molar-refractivity contribution in [3.63, 3.8) is 0 Å². The fourth-order valence-electron chi connectivity index (χ4n) is 1.26. The van der Waals surface area contributed by atoms with E-state index < -0.39 is 4.92 Å². The highest BCUT2D eigenvalue weighted by atomic mass is 32.2. The van der Waals surface area contributed by atoms with Crippen molar-refractivity contribution in [2.75, 3.05) is 16.8 Å². The predicted molar refractivity (Wildman–Crippen MR) is 67.0 cm³/mol. The van der Waals surface area contributed by atoms with E-state index in [-0.39, 0.29) is 11.7 Å². The van der Waals surface area contributed by atoms with Crippen LogP contribution in [0.3, 0.4) is 0 Å². The molecule has 0 fully saturated rings. The van der Waals surface area contributed by atoms with Crippen molar-refractivity contribution < 1.29 is 4.92 Å². The highest BCUT2D eigenvalue weighted by Gasteiger charge is 2.14. The molecule has 1 N–H and O–H groups in total. The molecule has 0 aromatic carbocycles. The molecule has 1 unspecified atom stereocenters. The predicted octanol–water partition coefficient (Wildman–Crippen LogP) is 2.54. The Morgan fingerprint density at radius 1 is 1.69 bits per heavy atom. The third kappa shape index (κ3) is 3.69. The molecule has 0 aliphatic heterocycles. The number of hydrogen-bond acceptors (Lipinski definition) is 5. The monoisotopic (exact) mass is 241 g/mol. The number of anilines is 1. The molecule has 0 radical (unpaired) electrons. The molecule has 16 heavy (non-hydrogen) atoms. The second-order valence-corrected chi connectivity index (χ2v) is 4.67. The maximum Gasteiger partial charge on any atom is 0.310 e. The van der Waals surface area contributed by atoms with Gasteiger partial charge in [0.15, 0.2) is 0 Å². The molecular weight excluding hydrogens is 226 g/mol. The third-order valence-electron chi connectivity index (χ3n) is 1.97. The molecule has 0 bridgehead atoms. The number of aromatic nitrogens is 1. The lowest BCUT2D eigenvalue weighted by Gasteiger charge is -2.14. The van der Waals surface area contributed by atoms with Crippen molar-refractivity contribution >= 4 is 23.1 Å². The summed E-state index contributed by atoms with van der Waals surface area (Å²) >= 11 is 1.80. The molecule has 0 saturated carbocycles. The molecule has 6 heteroatoms. The van der Waals surface area contributed by atoms with Crippen LogP contribution in [0.2, 0.25) is 0 Å². The van der Waals surface area contributed by atoms with E-state index >= 15 is 0 Å². The Bertz CT molecular complexity index is 360. The van der Waals surface area contributed by atoms with E-state index in [0.717, 1.165) is 11.5 Å². The van der Waals surface area contributed by atoms with E-state index in [1.54, 1.807) is 24.0 Å². The zero-order valence-corrected chi connectivity index (χ0v) is 10.2. The maximum absolute atomic E-state index is 10.7. The Labute approximate surface area is 98.8 Å². The quantitative estimate of drug-likeness (QED) is 0.612. The number of nitro groups is 1. The molecule has 5 nitrogen and oxygen atoms in total. The van der Waals surface area contributed by atoms with Crippen LogP contribution in [0.4, 0.5) is 11.4 Å². The Morgan fingerprint density at radius 2 is 2.44 bits per heavy atom. The van der Waals surface area contributed by atoms with Gasteiger partial charge < -0.3 is 5.32 Å². The fraction of sp³-hybridized carbons (Fsp3) is 0.500. The lowest BCUT2D eigenvalue weighted by Crippen LogP contribution is -2.18. The average molecular weight is 241 g/mol. The molecule has 0 aliphatic carbocycles. The molecular formula is C10H15N3O2S. The van der Waals surface area contributed by atoms with Crippen LogP contribution >= 0.6 is 11.8 Å². The highest BCUT2D eigenvalue weighted by Crippen LogP contribution is 2.23. The van der Waals surface area contributed by atoms with E-state index in [1.807, 2.05) is 6.92 Å². The van der Waals surface area contributed by atoms with Gasteiger partial charge in [0.05, 0.1) is 4.92 Å². The molecule has 1 atom stereocenters. The van der Waals surface area contributed by atoms with Gasteiger partial charge in [0, 0.05) is 18.0 Å². The van der Waals surface area contributed by atoms with Crippen LogP contribution in [-0.2, 0) is 0 Å². The van der Waals surface area contributed by atoms with Gasteiger partial charge in [-0.3, -0.25) is 15.1 Å². The van der Waals surface area contributed by atoms with Gasteiger partial charge in [0.2, 0.25) is 0 Å². The molecule has 0 amide bonds. The normalized spacial score (nSPS) is 12.1. The number of hydrogen-bond donors (Lipinski definition) is 1. The summed E-state index contributed by atoms with van der Waals surface area (Å²) < 4.78 is 0. The highest BCUT2D eigenvalue weighted by molar-refractivity contribution is 7.99. The van der Waals surface area contributed by atoms with Gasteiger partial charge in [-0.1, -0.05) is 6.92 Å². The number of rotatable bonds is 6. The smallest absolute Gasteiger partial charge is 0.310 e. The van der Waals surface area contributed by atoms with E-state index in [1.165, 1.54) is 6.20 Å². The first-order valence-electron chi connectivity index (χ1n) is 5.07. The van der Waals surface area contributed by atoms with Gasteiger partial charge in [0.1, 0.15) is 11.9 Å². The first-order valence-corrected chi connectivity index (χ1v) is 6.23. The summed E-state index contributed by atoms with van der Waals surface area (Å²) in [5, 5.41) is 13.9. The van der Waals surface area contributed by atoms with Gasteiger partial charge in [-0.25, -0.2) is 0 Å². The van der Waals surface area contributed by atoms with Gasteiger partial charge in [-0.05, 0) is 18.7 Å². The summed E-state index contributed by atoms with van der Waals surface area (Å²) in [4.78, 5) is 14.1. The Kier molecular flexibility index (Phi) is 5.04. The minimum Gasteiger partial charge on any atom is -0.376 e.